The van der Waals surface area contributed by atoms with E-state index in [1.807, 2.05) is 0 Å². The second-order valence-corrected chi connectivity index (χ2v) is 6.56. The zero-order valence-corrected chi connectivity index (χ0v) is 13.0. The molecule has 0 aliphatic heterocycles. The van der Waals surface area contributed by atoms with Crippen LogP contribution in [0, 0.1) is 5.92 Å². The molecule has 1 aromatic rings. The summed E-state index contributed by atoms with van der Waals surface area (Å²) in [5.41, 5.74) is -0.332. The monoisotopic (exact) mass is 331 g/mol. The van der Waals surface area contributed by atoms with Crippen molar-refractivity contribution in [2.45, 2.75) is 24.8 Å². The second-order valence-electron chi connectivity index (χ2n) is 4.85. The van der Waals surface area contributed by atoms with Gasteiger partial charge in [0.15, 0.2) is 0 Å². The molecule has 0 unspecified atom stereocenters. The van der Waals surface area contributed by atoms with E-state index in [2.05, 4.69) is 4.72 Å². The first-order valence-electron chi connectivity index (χ1n) is 6.26. The molecule has 122 valence electrons. The minimum absolute atomic E-state index is 0.00472. The lowest BCUT2D eigenvalue weighted by atomic mass is 10.1. The number of hydrogen-bond acceptors (Lipinski definition) is 5. The molecule has 0 heterocycles. The molecular formula is C13H17NO7S. The van der Waals surface area contributed by atoms with Crippen LogP contribution >= 0.6 is 0 Å². The summed E-state index contributed by atoms with van der Waals surface area (Å²) in [5, 5.41) is 18.1. The number of ether oxygens (including phenoxy) is 1. The van der Waals surface area contributed by atoms with Crippen molar-refractivity contribution in [3.05, 3.63) is 23.8 Å². The first-order valence-corrected chi connectivity index (χ1v) is 7.75. The van der Waals surface area contributed by atoms with Crippen LogP contribution in [-0.2, 0) is 14.8 Å². The van der Waals surface area contributed by atoms with E-state index in [0.717, 1.165) is 12.1 Å². The first-order chi connectivity index (χ1) is 10.1. The Balaban J connectivity index is 3.26. The van der Waals surface area contributed by atoms with Gasteiger partial charge in [-0.25, -0.2) is 13.2 Å². The topological polar surface area (TPSA) is 130 Å². The number of aromatic carboxylic acids is 1. The zero-order valence-electron chi connectivity index (χ0n) is 12.2. The highest BCUT2D eigenvalue weighted by molar-refractivity contribution is 7.89. The SMILES string of the molecule is COc1ccc(S(=O)(=O)N[C@H](C(=O)O)C(C)C)cc1C(=O)O. The van der Waals surface area contributed by atoms with E-state index in [9.17, 15) is 18.0 Å². The van der Waals surface area contributed by atoms with E-state index in [1.165, 1.54) is 13.2 Å². The third-order valence-electron chi connectivity index (χ3n) is 2.93. The summed E-state index contributed by atoms with van der Waals surface area (Å²) in [7, 11) is -2.92. The molecule has 1 atom stereocenters. The quantitative estimate of drug-likeness (QED) is 0.673. The van der Waals surface area contributed by atoms with Gasteiger partial charge in [0.25, 0.3) is 0 Å². The Morgan fingerprint density at radius 1 is 1.23 bits per heavy atom. The van der Waals surface area contributed by atoms with E-state index in [1.54, 1.807) is 13.8 Å². The summed E-state index contributed by atoms with van der Waals surface area (Å²) in [4.78, 5) is 21.8. The maximum Gasteiger partial charge on any atom is 0.339 e. The Hall–Kier alpha value is -2.13. The molecule has 0 aromatic heterocycles. The van der Waals surface area contributed by atoms with Gasteiger partial charge in [0.1, 0.15) is 17.4 Å². The number of carbonyl (C=O) groups is 2. The highest BCUT2D eigenvalue weighted by Gasteiger charge is 2.29. The summed E-state index contributed by atoms with van der Waals surface area (Å²) >= 11 is 0. The van der Waals surface area contributed by atoms with Crippen LogP contribution in [0.2, 0.25) is 0 Å². The second kappa shape index (κ2) is 6.75. The number of rotatable bonds is 7. The maximum absolute atomic E-state index is 12.2. The lowest BCUT2D eigenvalue weighted by molar-refractivity contribution is -0.140. The molecule has 0 radical (unpaired) electrons. The molecule has 0 aliphatic rings. The lowest BCUT2D eigenvalue weighted by Gasteiger charge is -2.18. The van der Waals surface area contributed by atoms with Gasteiger partial charge < -0.3 is 14.9 Å². The first kappa shape index (κ1) is 17.9. The Bertz CT molecular complexity index is 682. The van der Waals surface area contributed by atoms with Crippen molar-refractivity contribution >= 4 is 22.0 Å². The normalized spacial score (nSPS) is 12.9. The van der Waals surface area contributed by atoms with Gasteiger partial charge in [-0.3, -0.25) is 4.79 Å². The molecule has 0 spiro atoms. The third kappa shape index (κ3) is 3.95. The number of hydrogen-bond donors (Lipinski definition) is 3. The van der Waals surface area contributed by atoms with Gasteiger partial charge in [-0.05, 0) is 24.1 Å². The number of sulfonamides is 1. The minimum Gasteiger partial charge on any atom is -0.496 e. The number of benzene rings is 1. The molecule has 0 saturated heterocycles. The molecular weight excluding hydrogens is 314 g/mol. The fourth-order valence-corrected chi connectivity index (χ4v) is 3.09. The molecule has 9 heteroatoms. The zero-order chi connectivity index (χ0) is 17.1. The fourth-order valence-electron chi connectivity index (χ4n) is 1.73. The van der Waals surface area contributed by atoms with Crippen LogP contribution in [0.5, 0.6) is 5.75 Å². The van der Waals surface area contributed by atoms with E-state index < -0.39 is 33.9 Å². The molecule has 3 N–H and O–H groups in total. The molecule has 1 aromatic carbocycles. The number of carboxylic acids is 2. The van der Waals surface area contributed by atoms with Gasteiger partial charge in [0.2, 0.25) is 10.0 Å². The van der Waals surface area contributed by atoms with Crippen LogP contribution in [-0.4, -0.2) is 43.7 Å². The predicted octanol–water partition coefficient (Wildman–Crippen LogP) is 0.781. The Morgan fingerprint density at radius 3 is 2.23 bits per heavy atom. The van der Waals surface area contributed by atoms with Crippen molar-refractivity contribution in [3.63, 3.8) is 0 Å². The van der Waals surface area contributed by atoms with Gasteiger partial charge in [0.05, 0.1) is 12.0 Å². The summed E-state index contributed by atoms with van der Waals surface area (Å²) in [6.07, 6.45) is 0. The third-order valence-corrected chi connectivity index (χ3v) is 4.37. The van der Waals surface area contributed by atoms with E-state index in [-0.39, 0.29) is 16.2 Å². The van der Waals surface area contributed by atoms with Gasteiger partial charge >= 0.3 is 11.9 Å². The molecule has 0 amide bonds. The van der Waals surface area contributed by atoms with Crippen LogP contribution in [0.1, 0.15) is 24.2 Å². The van der Waals surface area contributed by atoms with Crippen LogP contribution in [0.3, 0.4) is 0 Å². The smallest absolute Gasteiger partial charge is 0.339 e. The van der Waals surface area contributed by atoms with Gasteiger partial charge in [-0.15, -0.1) is 0 Å². The molecule has 22 heavy (non-hydrogen) atoms. The molecule has 0 bridgehead atoms. The fraction of sp³-hybridized carbons (Fsp3) is 0.385. The number of carboxylic acid groups (broad SMARTS) is 2. The summed E-state index contributed by atoms with van der Waals surface area (Å²) in [5.74, 6) is -3.15. The average Bonchev–Trinajstić information content (AvgIpc) is 2.43. The van der Waals surface area contributed by atoms with E-state index in [0.29, 0.717) is 0 Å². The highest BCUT2D eigenvalue weighted by atomic mass is 32.2. The van der Waals surface area contributed by atoms with Gasteiger partial charge in [-0.2, -0.15) is 4.72 Å². The van der Waals surface area contributed by atoms with Crippen molar-refractivity contribution in [3.8, 4) is 5.75 Å². The van der Waals surface area contributed by atoms with E-state index >= 15 is 0 Å². The molecule has 8 nitrogen and oxygen atoms in total. The summed E-state index contributed by atoms with van der Waals surface area (Å²) in [6, 6.07) is 1.94. The Morgan fingerprint density at radius 2 is 1.82 bits per heavy atom. The number of aliphatic carboxylic acids is 1. The van der Waals surface area contributed by atoms with Gasteiger partial charge in [0, 0.05) is 0 Å². The number of methoxy groups -OCH3 is 1. The van der Waals surface area contributed by atoms with Crippen molar-refractivity contribution in [1.29, 1.82) is 0 Å². The molecule has 0 saturated carbocycles. The van der Waals surface area contributed by atoms with Crippen LogP contribution < -0.4 is 9.46 Å². The summed E-state index contributed by atoms with van der Waals surface area (Å²) in [6.45, 7) is 3.11. The van der Waals surface area contributed by atoms with Crippen LogP contribution in [0.25, 0.3) is 0 Å². The summed E-state index contributed by atoms with van der Waals surface area (Å²) < 4.78 is 31.3. The van der Waals surface area contributed by atoms with Gasteiger partial charge in [-0.1, -0.05) is 13.8 Å². The van der Waals surface area contributed by atoms with Crippen molar-refractivity contribution < 1.29 is 33.0 Å². The Labute approximate surface area is 127 Å². The highest BCUT2D eigenvalue weighted by Crippen LogP contribution is 2.23. The standard InChI is InChI=1S/C13H17NO7S/c1-7(2)11(13(17)18)14-22(19,20)8-4-5-10(21-3)9(6-8)12(15)16/h4-7,11,14H,1-3H3,(H,15,16)(H,17,18)/t11-/m0/s1. The van der Waals surface area contributed by atoms with Crippen LogP contribution in [0.4, 0.5) is 0 Å². The van der Waals surface area contributed by atoms with Crippen molar-refractivity contribution in [2.24, 2.45) is 5.92 Å². The molecule has 0 aliphatic carbocycles. The van der Waals surface area contributed by atoms with Crippen molar-refractivity contribution in [1.82, 2.24) is 4.72 Å². The minimum atomic E-state index is -4.18. The molecule has 0 fully saturated rings. The largest absolute Gasteiger partial charge is 0.496 e. The number of nitrogens with one attached hydrogen (secondary N) is 1. The lowest BCUT2D eigenvalue weighted by Crippen LogP contribution is -2.44. The predicted molar refractivity (Wildman–Crippen MR) is 76.5 cm³/mol. The maximum atomic E-state index is 12.2. The van der Waals surface area contributed by atoms with E-state index in [4.69, 9.17) is 14.9 Å². The van der Waals surface area contributed by atoms with Crippen LogP contribution in [0.15, 0.2) is 23.1 Å². The molecule has 1 rings (SSSR count). The Kier molecular flexibility index (Phi) is 5.50. The average molecular weight is 331 g/mol. The van der Waals surface area contributed by atoms with Crippen molar-refractivity contribution in [2.75, 3.05) is 7.11 Å².